The Labute approximate surface area is 227 Å². The highest BCUT2D eigenvalue weighted by molar-refractivity contribution is 9.10. The molecule has 0 fully saturated rings. The molecule has 0 radical (unpaired) electrons. The number of benzodiazepines with no additional fused rings is 1. The first-order chi connectivity index (χ1) is 17.9. The first-order valence-electron chi connectivity index (χ1n) is 11.5. The summed E-state index contributed by atoms with van der Waals surface area (Å²) < 4.78 is 0.940. The maximum Gasteiger partial charge on any atom is 0.249 e. The average Bonchev–Trinajstić information content (AvgIpc) is 3.01. The topological polar surface area (TPSA) is 96.3 Å². The number of benzene rings is 3. The lowest BCUT2D eigenvalue weighted by atomic mass is 10.00. The molecule has 0 spiro atoms. The van der Waals surface area contributed by atoms with Crippen LogP contribution in [-0.2, 0) is 22.4 Å². The SMILES string of the molecule is O=C(Cc1ccncn1)Nc1ccc(C2=NC(Cc3cccc(Br)c3)C(=O)Nc3cc(Cl)ccc32)cc1. The van der Waals surface area contributed by atoms with E-state index in [0.29, 0.717) is 34.2 Å². The van der Waals surface area contributed by atoms with Crippen LogP contribution >= 0.6 is 27.5 Å². The predicted octanol–water partition coefficient (Wildman–Crippen LogP) is 5.47. The second-order valence-electron chi connectivity index (χ2n) is 8.51. The minimum Gasteiger partial charge on any atom is -0.326 e. The lowest BCUT2D eigenvalue weighted by Gasteiger charge is -2.12. The second-order valence-corrected chi connectivity index (χ2v) is 9.86. The lowest BCUT2D eigenvalue weighted by Crippen LogP contribution is -2.27. The van der Waals surface area contributed by atoms with Crippen LogP contribution in [0, 0.1) is 0 Å². The third-order valence-electron chi connectivity index (χ3n) is 5.83. The monoisotopic (exact) mass is 573 g/mol. The molecule has 0 aliphatic carbocycles. The number of hydrogen-bond acceptors (Lipinski definition) is 5. The summed E-state index contributed by atoms with van der Waals surface area (Å²) in [6.07, 6.45) is 3.61. The average molecular weight is 575 g/mol. The number of hydrogen-bond donors (Lipinski definition) is 2. The molecular weight excluding hydrogens is 554 g/mol. The Hall–Kier alpha value is -3.88. The van der Waals surface area contributed by atoms with Crippen LogP contribution in [-0.4, -0.2) is 33.5 Å². The van der Waals surface area contributed by atoms with Gasteiger partial charge in [0.2, 0.25) is 11.8 Å². The van der Waals surface area contributed by atoms with Gasteiger partial charge in [0.15, 0.2) is 0 Å². The number of aromatic nitrogens is 2. The molecule has 9 heteroatoms. The van der Waals surface area contributed by atoms with Crippen molar-refractivity contribution in [2.24, 2.45) is 4.99 Å². The maximum absolute atomic E-state index is 13.2. The molecule has 0 saturated carbocycles. The molecule has 1 aromatic heterocycles. The molecule has 2 N–H and O–H groups in total. The summed E-state index contributed by atoms with van der Waals surface area (Å²) in [6, 6.07) is 21.6. The number of rotatable bonds is 6. The standard InChI is InChI=1S/C28H21BrClN5O2/c29-19-3-1-2-17(12-19)13-25-28(37)35-24-14-20(30)6-9-23(24)27(34-25)18-4-7-21(8-5-18)33-26(36)15-22-10-11-31-16-32-22/h1-12,14,16,25H,13,15H2,(H,33,36)(H,35,37). The van der Waals surface area contributed by atoms with Crippen molar-refractivity contribution in [3.05, 3.63) is 117 Å². The Morgan fingerprint density at radius 2 is 1.89 bits per heavy atom. The summed E-state index contributed by atoms with van der Waals surface area (Å²) in [5, 5.41) is 6.40. The largest absolute Gasteiger partial charge is 0.326 e. The molecule has 1 aliphatic heterocycles. The minimum absolute atomic E-state index is 0.149. The highest BCUT2D eigenvalue weighted by Crippen LogP contribution is 2.29. The third-order valence-corrected chi connectivity index (χ3v) is 6.56. The normalized spacial score (nSPS) is 14.7. The molecule has 4 aromatic rings. The van der Waals surface area contributed by atoms with Crippen LogP contribution in [0.25, 0.3) is 0 Å². The summed E-state index contributed by atoms with van der Waals surface area (Å²) >= 11 is 9.73. The van der Waals surface area contributed by atoms with Gasteiger partial charge in [0.05, 0.1) is 23.5 Å². The van der Waals surface area contributed by atoms with E-state index in [1.165, 1.54) is 6.33 Å². The van der Waals surface area contributed by atoms with Crippen molar-refractivity contribution in [3.63, 3.8) is 0 Å². The lowest BCUT2D eigenvalue weighted by molar-refractivity contribution is -0.117. The number of amides is 2. The van der Waals surface area contributed by atoms with E-state index in [1.54, 1.807) is 24.4 Å². The van der Waals surface area contributed by atoms with Gasteiger partial charge in [0, 0.05) is 38.9 Å². The molecular formula is C28H21BrClN5O2. The zero-order chi connectivity index (χ0) is 25.8. The van der Waals surface area contributed by atoms with Gasteiger partial charge in [-0.05, 0) is 54.1 Å². The van der Waals surface area contributed by atoms with Gasteiger partial charge in [-0.2, -0.15) is 0 Å². The highest BCUT2D eigenvalue weighted by Gasteiger charge is 2.26. The van der Waals surface area contributed by atoms with E-state index in [2.05, 4.69) is 36.5 Å². The van der Waals surface area contributed by atoms with Gasteiger partial charge in [-0.15, -0.1) is 0 Å². The van der Waals surface area contributed by atoms with E-state index in [4.69, 9.17) is 16.6 Å². The van der Waals surface area contributed by atoms with Gasteiger partial charge in [0.1, 0.15) is 12.4 Å². The number of anilines is 2. The van der Waals surface area contributed by atoms with Crippen LogP contribution < -0.4 is 10.6 Å². The van der Waals surface area contributed by atoms with Crippen LogP contribution in [0.1, 0.15) is 22.4 Å². The Kier molecular flexibility index (Phi) is 7.39. The van der Waals surface area contributed by atoms with Crippen molar-refractivity contribution < 1.29 is 9.59 Å². The molecule has 5 rings (SSSR count). The van der Waals surface area contributed by atoms with Gasteiger partial charge < -0.3 is 10.6 Å². The van der Waals surface area contributed by atoms with Gasteiger partial charge in [-0.1, -0.05) is 51.8 Å². The van der Waals surface area contributed by atoms with Crippen LogP contribution in [0.2, 0.25) is 5.02 Å². The van der Waals surface area contributed by atoms with E-state index in [1.807, 2.05) is 54.6 Å². The van der Waals surface area contributed by atoms with E-state index in [0.717, 1.165) is 21.2 Å². The zero-order valence-electron chi connectivity index (χ0n) is 19.5. The van der Waals surface area contributed by atoms with Crippen LogP contribution in [0.4, 0.5) is 11.4 Å². The number of fused-ring (bicyclic) bond motifs is 1. The van der Waals surface area contributed by atoms with E-state index in [9.17, 15) is 9.59 Å². The third kappa shape index (κ3) is 6.10. The van der Waals surface area contributed by atoms with E-state index < -0.39 is 6.04 Å². The fourth-order valence-corrected chi connectivity index (χ4v) is 4.70. The summed E-state index contributed by atoms with van der Waals surface area (Å²) in [5.41, 5.74) is 5.14. The van der Waals surface area contributed by atoms with Crippen molar-refractivity contribution in [1.82, 2.24) is 9.97 Å². The molecule has 1 unspecified atom stereocenters. The molecule has 2 amide bonds. The van der Waals surface area contributed by atoms with Crippen LogP contribution in [0.5, 0.6) is 0 Å². The zero-order valence-corrected chi connectivity index (χ0v) is 21.8. The summed E-state index contributed by atoms with van der Waals surface area (Å²) in [6.45, 7) is 0. The van der Waals surface area contributed by atoms with Crippen molar-refractivity contribution >= 4 is 56.4 Å². The fraction of sp³-hybridized carbons (Fsp3) is 0.107. The fourth-order valence-electron chi connectivity index (χ4n) is 4.09. The number of nitrogens with zero attached hydrogens (tertiary/aromatic N) is 3. The number of aliphatic imine (C=N–C) groups is 1. The number of nitrogens with one attached hydrogen (secondary N) is 2. The number of carbonyl (C=O) groups excluding carboxylic acids is 2. The number of carbonyl (C=O) groups is 2. The quantitative estimate of drug-likeness (QED) is 0.319. The highest BCUT2D eigenvalue weighted by atomic mass is 79.9. The summed E-state index contributed by atoms with van der Waals surface area (Å²) in [4.78, 5) is 38.4. The first-order valence-corrected chi connectivity index (χ1v) is 12.7. The van der Waals surface area contributed by atoms with E-state index >= 15 is 0 Å². The maximum atomic E-state index is 13.2. The molecule has 7 nitrogen and oxygen atoms in total. The molecule has 37 heavy (non-hydrogen) atoms. The van der Waals surface area contributed by atoms with Gasteiger partial charge >= 0.3 is 0 Å². The summed E-state index contributed by atoms with van der Waals surface area (Å²) in [7, 11) is 0. The molecule has 0 bridgehead atoms. The van der Waals surface area contributed by atoms with Crippen molar-refractivity contribution in [3.8, 4) is 0 Å². The molecule has 2 heterocycles. The smallest absolute Gasteiger partial charge is 0.249 e. The predicted molar refractivity (Wildman–Crippen MR) is 148 cm³/mol. The van der Waals surface area contributed by atoms with E-state index in [-0.39, 0.29) is 18.2 Å². The molecule has 1 aliphatic rings. The van der Waals surface area contributed by atoms with Gasteiger partial charge in [-0.25, -0.2) is 9.97 Å². The molecule has 0 saturated heterocycles. The Morgan fingerprint density at radius 3 is 2.65 bits per heavy atom. The van der Waals surface area contributed by atoms with Gasteiger partial charge in [-0.3, -0.25) is 14.6 Å². The molecule has 3 aromatic carbocycles. The van der Waals surface area contributed by atoms with Gasteiger partial charge in [0.25, 0.3) is 0 Å². The second kappa shape index (κ2) is 11.0. The Bertz CT molecular complexity index is 1490. The molecule has 184 valence electrons. The number of halogens is 2. The molecule has 1 atom stereocenters. The van der Waals surface area contributed by atoms with Crippen molar-refractivity contribution in [2.45, 2.75) is 18.9 Å². The van der Waals surface area contributed by atoms with Crippen LogP contribution in [0.15, 0.2) is 94.8 Å². The van der Waals surface area contributed by atoms with Crippen LogP contribution in [0.3, 0.4) is 0 Å². The Morgan fingerprint density at radius 1 is 1.05 bits per heavy atom. The van der Waals surface area contributed by atoms with Crippen molar-refractivity contribution in [2.75, 3.05) is 10.6 Å². The summed E-state index contributed by atoms with van der Waals surface area (Å²) in [5.74, 6) is -0.380. The Balaban J connectivity index is 1.43. The first kappa shape index (κ1) is 24.8. The van der Waals surface area contributed by atoms with Crippen molar-refractivity contribution in [1.29, 1.82) is 0 Å². The minimum atomic E-state index is -0.636.